The number of hydrogen-bond acceptors (Lipinski definition) is 4. The second-order valence-corrected chi connectivity index (χ2v) is 7.23. The normalized spacial score (nSPS) is 16.4. The number of methoxy groups -OCH3 is 1. The van der Waals surface area contributed by atoms with Crippen LogP contribution in [0.4, 0.5) is 5.69 Å². The van der Waals surface area contributed by atoms with Crippen LogP contribution in [0, 0.1) is 6.92 Å². The molecule has 0 unspecified atom stereocenters. The van der Waals surface area contributed by atoms with Crippen molar-refractivity contribution >= 4 is 23.1 Å². The van der Waals surface area contributed by atoms with Gasteiger partial charge >= 0.3 is 0 Å². The van der Waals surface area contributed by atoms with Crippen molar-refractivity contribution in [3.05, 3.63) is 70.9 Å². The van der Waals surface area contributed by atoms with E-state index >= 15 is 0 Å². The maximum Gasteiger partial charge on any atom is 0.278 e. The minimum Gasteiger partial charge on any atom is -0.385 e. The monoisotopic (exact) mass is 376 g/mol. The van der Waals surface area contributed by atoms with Crippen LogP contribution >= 0.6 is 0 Å². The minimum absolute atomic E-state index is 0.214. The Labute approximate surface area is 165 Å². The van der Waals surface area contributed by atoms with Gasteiger partial charge in [-0.15, -0.1) is 0 Å². The van der Waals surface area contributed by atoms with Crippen molar-refractivity contribution in [1.29, 1.82) is 0 Å². The number of anilines is 1. The summed E-state index contributed by atoms with van der Waals surface area (Å²) in [6.45, 7) is 3.59. The van der Waals surface area contributed by atoms with E-state index in [1.54, 1.807) is 7.11 Å². The number of carbonyl (C=O) groups is 2. The van der Waals surface area contributed by atoms with Gasteiger partial charge in [0.05, 0.1) is 5.57 Å². The van der Waals surface area contributed by atoms with Crippen LogP contribution in [0.5, 0.6) is 0 Å². The molecule has 0 spiro atoms. The van der Waals surface area contributed by atoms with Crippen LogP contribution in [0.3, 0.4) is 0 Å². The van der Waals surface area contributed by atoms with E-state index < -0.39 is 0 Å². The topological polar surface area (TPSA) is 49.9 Å². The van der Waals surface area contributed by atoms with Crippen LogP contribution in [0.15, 0.2) is 54.2 Å². The summed E-state index contributed by atoms with van der Waals surface area (Å²) in [5, 5.41) is 0. The van der Waals surface area contributed by atoms with E-state index in [-0.39, 0.29) is 11.8 Å². The predicted molar refractivity (Wildman–Crippen MR) is 109 cm³/mol. The first-order chi connectivity index (χ1) is 13.6. The van der Waals surface area contributed by atoms with E-state index in [9.17, 15) is 9.59 Å². The average Bonchev–Trinajstić information content (AvgIpc) is 3.22. The molecule has 0 N–H and O–H groups in total. The lowest BCUT2D eigenvalue weighted by molar-refractivity contribution is -0.137. The molecule has 0 radical (unpaired) electrons. The zero-order chi connectivity index (χ0) is 19.7. The molecule has 0 aromatic heterocycles. The molecular formula is C23H24N2O3. The molecule has 2 aromatic rings. The highest BCUT2D eigenvalue weighted by molar-refractivity contribution is 6.36. The minimum atomic E-state index is -0.218. The Kier molecular flexibility index (Phi) is 5.01. The van der Waals surface area contributed by atoms with E-state index in [0.717, 1.165) is 23.2 Å². The average molecular weight is 376 g/mol. The maximum atomic E-state index is 13.3. The van der Waals surface area contributed by atoms with Crippen LogP contribution in [0.1, 0.15) is 23.1 Å². The van der Waals surface area contributed by atoms with Crippen molar-refractivity contribution in [2.45, 2.75) is 19.8 Å². The number of ether oxygens (including phenoxy) is 1. The van der Waals surface area contributed by atoms with Gasteiger partial charge in [0.15, 0.2) is 0 Å². The second kappa shape index (κ2) is 7.60. The third kappa shape index (κ3) is 3.12. The van der Waals surface area contributed by atoms with Gasteiger partial charge in [0.2, 0.25) is 0 Å². The standard InChI is InChI=1S/C23H24N2O3/c1-16-8-10-18(11-9-16)20-21(23(27)25(22(20)26)13-5-15-28-2)24-14-12-17-6-3-4-7-19(17)24/h3-4,6-11H,5,12-15H2,1-2H3. The van der Waals surface area contributed by atoms with Crippen molar-refractivity contribution in [1.82, 2.24) is 4.90 Å². The van der Waals surface area contributed by atoms with Gasteiger partial charge < -0.3 is 9.64 Å². The van der Waals surface area contributed by atoms with Crippen molar-refractivity contribution < 1.29 is 14.3 Å². The summed E-state index contributed by atoms with van der Waals surface area (Å²) in [6.07, 6.45) is 1.49. The summed E-state index contributed by atoms with van der Waals surface area (Å²) in [5.74, 6) is -0.433. The molecule has 0 saturated heterocycles. The van der Waals surface area contributed by atoms with Crippen LogP contribution in [0.25, 0.3) is 5.57 Å². The molecule has 2 aliphatic heterocycles. The Balaban J connectivity index is 1.79. The molecule has 2 aromatic carbocycles. The summed E-state index contributed by atoms with van der Waals surface area (Å²) in [7, 11) is 1.62. The Bertz CT molecular complexity index is 947. The number of carbonyl (C=O) groups excluding carboxylic acids is 2. The smallest absolute Gasteiger partial charge is 0.278 e. The third-order valence-corrected chi connectivity index (χ3v) is 5.37. The summed E-state index contributed by atoms with van der Waals surface area (Å²) >= 11 is 0. The molecule has 2 heterocycles. The molecular weight excluding hydrogens is 352 g/mol. The highest BCUT2D eigenvalue weighted by atomic mass is 16.5. The van der Waals surface area contributed by atoms with Crippen molar-refractivity contribution in [2.75, 3.05) is 31.7 Å². The fourth-order valence-corrected chi connectivity index (χ4v) is 3.93. The number of hydrogen-bond donors (Lipinski definition) is 0. The number of benzene rings is 2. The molecule has 4 rings (SSSR count). The fraction of sp³-hybridized carbons (Fsp3) is 0.304. The molecule has 0 fully saturated rings. The van der Waals surface area contributed by atoms with E-state index in [4.69, 9.17) is 4.74 Å². The highest BCUT2D eigenvalue weighted by Gasteiger charge is 2.42. The first-order valence-corrected chi connectivity index (χ1v) is 9.63. The summed E-state index contributed by atoms with van der Waals surface area (Å²) in [6, 6.07) is 15.9. The first kappa shape index (κ1) is 18.4. The Morgan fingerprint density at radius 1 is 1.00 bits per heavy atom. The van der Waals surface area contributed by atoms with Gasteiger partial charge in [0, 0.05) is 32.5 Å². The fourth-order valence-electron chi connectivity index (χ4n) is 3.93. The molecule has 2 aliphatic rings. The third-order valence-electron chi connectivity index (χ3n) is 5.37. The maximum absolute atomic E-state index is 13.3. The molecule has 0 atom stereocenters. The van der Waals surface area contributed by atoms with Gasteiger partial charge in [-0.3, -0.25) is 14.5 Å². The number of fused-ring (bicyclic) bond motifs is 1. The van der Waals surface area contributed by atoms with Crippen LogP contribution in [-0.4, -0.2) is 43.5 Å². The van der Waals surface area contributed by atoms with Gasteiger partial charge in [-0.2, -0.15) is 0 Å². The molecule has 28 heavy (non-hydrogen) atoms. The Hall–Kier alpha value is -2.92. The Morgan fingerprint density at radius 3 is 2.50 bits per heavy atom. The molecule has 5 heteroatoms. The highest BCUT2D eigenvalue weighted by Crippen LogP contribution is 2.38. The summed E-state index contributed by atoms with van der Waals surface area (Å²) in [5.41, 5.74) is 5.12. The van der Waals surface area contributed by atoms with Crippen molar-refractivity contribution in [2.24, 2.45) is 0 Å². The van der Waals surface area contributed by atoms with Gasteiger partial charge in [0.25, 0.3) is 11.8 Å². The molecule has 0 saturated carbocycles. The number of para-hydroxylation sites is 1. The zero-order valence-electron chi connectivity index (χ0n) is 16.3. The molecule has 5 nitrogen and oxygen atoms in total. The zero-order valence-corrected chi connectivity index (χ0v) is 16.3. The number of aryl methyl sites for hydroxylation is 1. The first-order valence-electron chi connectivity index (χ1n) is 9.63. The SMILES string of the molecule is COCCCN1C(=O)C(c2ccc(C)cc2)=C(N2CCc3ccccc32)C1=O. The lowest BCUT2D eigenvalue weighted by atomic mass is 10.0. The number of rotatable bonds is 6. The summed E-state index contributed by atoms with van der Waals surface area (Å²) in [4.78, 5) is 30.0. The lowest BCUT2D eigenvalue weighted by Crippen LogP contribution is -2.36. The van der Waals surface area contributed by atoms with E-state index in [1.165, 1.54) is 10.5 Å². The quantitative estimate of drug-likeness (QED) is 0.574. The van der Waals surface area contributed by atoms with Gasteiger partial charge in [-0.1, -0.05) is 48.0 Å². The molecule has 0 aliphatic carbocycles. The van der Waals surface area contributed by atoms with E-state index in [0.29, 0.717) is 37.4 Å². The van der Waals surface area contributed by atoms with E-state index in [2.05, 4.69) is 6.07 Å². The van der Waals surface area contributed by atoms with E-state index in [1.807, 2.05) is 54.3 Å². The van der Waals surface area contributed by atoms with Gasteiger partial charge in [0.1, 0.15) is 5.70 Å². The van der Waals surface area contributed by atoms with Gasteiger partial charge in [-0.25, -0.2) is 0 Å². The predicted octanol–water partition coefficient (Wildman–Crippen LogP) is 3.17. The lowest BCUT2D eigenvalue weighted by Gasteiger charge is -2.21. The molecule has 144 valence electrons. The summed E-state index contributed by atoms with van der Waals surface area (Å²) < 4.78 is 5.10. The van der Waals surface area contributed by atoms with Crippen molar-refractivity contribution in [3.8, 4) is 0 Å². The molecule has 2 amide bonds. The number of amides is 2. The van der Waals surface area contributed by atoms with Crippen molar-refractivity contribution in [3.63, 3.8) is 0 Å². The largest absolute Gasteiger partial charge is 0.385 e. The Morgan fingerprint density at radius 2 is 1.75 bits per heavy atom. The van der Waals surface area contributed by atoms with Gasteiger partial charge in [-0.05, 0) is 37.0 Å². The van der Waals surface area contributed by atoms with Crippen LogP contribution in [-0.2, 0) is 20.7 Å². The number of nitrogens with zero attached hydrogens (tertiary/aromatic N) is 2. The second-order valence-electron chi connectivity index (χ2n) is 7.23. The number of imide groups is 1. The molecule has 0 bridgehead atoms. The van der Waals surface area contributed by atoms with Crippen LogP contribution in [0.2, 0.25) is 0 Å². The van der Waals surface area contributed by atoms with Crippen LogP contribution < -0.4 is 4.90 Å².